The normalized spacial score (nSPS) is 23.6. The number of carbonyl (C=O) groups is 3. The maximum absolute atomic E-state index is 11.9. The molecule has 2 unspecified atom stereocenters. The summed E-state index contributed by atoms with van der Waals surface area (Å²) >= 11 is 0. The number of esters is 3. The van der Waals surface area contributed by atoms with Crippen LogP contribution in [0.3, 0.4) is 0 Å². The average molecular weight is 1180 g/mol. The lowest BCUT2D eigenvalue weighted by Crippen LogP contribution is -2.29. The first-order chi connectivity index (χ1) is 42.4. The van der Waals surface area contributed by atoms with Crippen LogP contribution in [-0.2, 0) is 47.9 Å². The van der Waals surface area contributed by atoms with Crippen LogP contribution in [0, 0.1) is 38.5 Å². The van der Waals surface area contributed by atoms with Gasteiger partial charge >= 0.3 is 17.9 Å². The lowest BCUT2D eigenvalue weighted by atomic mass is 9.87. The van der Waals surface area contributed by atoms with E-state index >= 15 is 0 Å². The lowest BCUT2D eigenvalue weighted by Gasteiger charge is -2.30. The zero-order valence-electron chi connectivity index (χ0n) is 52.1. The fourth-order valence-corrected chi connectivity index (χ4v) is 13.4. The molecule has 462 valence electrons. The second-order valence-corrected chi connectivity index (χ2v) is 24.3. The number of fused-ring (bicyclic) bond motifs is 3. The zero-order valence-corrected chi connectivity index (χ0v) is 52.1. The van der Waals surface area contributed by atoms with Gasteiger partial charge < -0.3 is 42.6 Å². The summed E-state index contributed by atoms with van der Waals surface area (Å²) in [6.45, 7) is 13.4. The summed E-state index contributed by atoms with van der Waals surface area (Å²) in [5.74, 6) is 5.53. The molecule has 0 N–H and O–H groups in total. The molecule has 87 heavy (non-hydrogen) atoms. The van der Waals surface area contributed by atoms with Gasteiger partial charge in [-0.05, 0) is 262 Å². The molecule has 12 nitrogen and oxygen atoms in total. The molecule has 6 aliphatic rings. The Morgan fingerprint density at radius 3 is 0.874 bits per heavy atom. The van der Waals surface area contributed by atoms with E-state index in [0.29, 0.717) is 19.8 Å². The molecular formula is C75H90O12. The van der Waals surface area contributed by atoms with Crippen LogP contribution in [0.25, 0.3) is 0 Å². The summed E-state index contributed by atoms with van der Waals surface area (Å²) in [5, 5.41) is 0. The van der Waals surface area contributed by atoms with Gasteiger partial charge in [-0.15, -0.1) is 0 Å². The number of hydrogen-bond acceptors (Lipinski definition) is 12. The fourth-order valence-electron chi connectivity index (χ4n) is 13.4. The van der Waals surface area contributed by atoms with Crippen molar-refractivity contribution in [2.75, 3.05) is 19.8 Å². The molecule has 12 heteroatoms. The summed E-state index contributed by atoms with van der Waals surface area (Å²) in [6, 6.07) is 43.9. The van der Waals surface area contributed by atoms with Gasteiger partial charge in [-0.1, -0.05) is 72.8 Å². The highest BCUT2D eigenvalue weighted by molar-refractivity contribution is 5.73. The molecule has 3 saturated carbocycles. The van der Waals surface area contributed by atoms with Crippen molar-refractivity contribution in [3.05, 3.63) is 177 Å². The third-order valence-corrected chi connectivity index (χ3v) is 18.3. The number of rotatable bonds is 15. The highest BCUT2D eigenvalue weighted by Gasteiger charge is 2.33. The van der Waals surface area contributed by atoms with E-state index in [1.54, 1.807) is 0 Å². The highest BCUT2D eigenvalue weighted by Crippen LogP contribution is 2.42. The second-order valence-electron chi connectivity index (χ2n) is 24.3. The van der Waals surface area contributed by atoms with Crippen LogP contribution in [0.5, 0.6) is 34.5 Å². The Labute approximate surface area is 515 Å². The molecule has 0 aromatic heterocycles. The Hall–Kier alpha value is -7.47. The molecule has 6 aromatic rings. The predicted octanol–water partition coefficient (Wildman–Crippen LogP) is 16.7. The number of benzene rings is 6. The molecule has 6 aromatic carbocycles. The third-order valence-electron chi connectivity index (χ3n) is 18.3. The van der Waals surface area contributed by atoms with Crippen molar-refractivity contribution in [2.24, 2.45) is 17.8 Å². The summed E-state index contributed by atoms with van der Waals surface area (Å²) < 4.78 is 53.1. The smallest absolute Gasteiger partial charge is 0.308 e. The Kier molecular flexibility index (Phi) is 21.9. The van der Waals surface area contributed by atoms with Crippen LogP contribution in [0.15, 0.2) is 127 Å². The SMILES string of the molecule is CCOC(=O)C1CCC(Oc2ccc3c(c2)CCC(c2ccccc2C)O3)CC1.CCOC(=O)C1CCC(Oc2ccc3c(c2)CCC(c2ccccc2C)O3)CC1.CCOC(=O)C1CCC(Oc2ccc3c(c2)CC[C@@H](c2ccccc2C)O3)CC1. The van der Waals surface area contributed by atoms with Crippen LogP contribution in [-0.4, -0.2) is 56.0 Å². The van der Waals surface area contributed by atoms with Crippen LogP contribution in [0.4, 0.5) is 0 Å². The Bertz CT molecular complexity index is 2890. The molecule has 0 radical (unpaired) electrons. The van der Waals surface area contributed by atoms with Crippen molar-refractivity contribution in [1.82, 2.24) is 0 Å². The minimum Gasteiger partial charge on any atom is -0.490 e. The molecule has 3 fully saturated rings. The largest absolute Gasteiger partial charge is 0.490 e. The van der Waals surface area contributed by atoms with Gasteiger partial charge in [0.1, 0.15) is 52.8 Å². The van der Waals surface area contributed by atoms with Gasteiger partial charge in [-0.2, -0.15) is 0 Å². The van der Waals surface area contributed by atoms with E-state index in [-0.39, 0.29) is 72.3 Å². The summed E-state index contributed by atoms with van der Waals surface area (Å²) in [4.78, 5) is 35.7. The monoisotopic (exact) mass is 1180 g/mol. The van der Waals surface area contributed by atoms with Gasteiger partial charge in [-0.25, -0.2) is 0 Å². The van der Waals surface area contributed by atoms with Gasteiger partial charge in [-0.3, -0.25) is 14.4 Å². The summed E-state index contributed by atoms with van der Waals surface area (Å²) in [6.07, 6.45) is 17.2. The van der Waals surface area contributed by atoms with Crippen molar-refractivity contribution in [1.29, 1.82) is 0 Å². The van der Waals surface area contributed by atoms with Crippen LogP contribution in [0.2, 0.25) is 0 Å². The van der Waals surface area contributed by atoms with Crippen LogP contribution < -0.4 is 28.4 Å². The van der Waals surface area contributed by atoms with Crippen molar-refractivity contribution in [2.45, 2.75) is 194 Å². The molecule has 0 saturated heterocycles. The van der Waals surface area contributed by atoms with E-state index in [0.717, 1.165) is 150 Å². The van der Waals surface area contributed by atoms with Gasteiger partial charge in [0.25, 0.3) is 0 Å². The van der Waals surface area contributed by atoms with Crippen LogP contribution >= 0.6 is 0 Å². The molecule has 3 heterocycles. The van der Waals surface area contributed by atoms with E-state index in [9.17, 15) is 14.4 Å². The van der Waals surface area contributed by atoms with E-state index < -0.39 is 0 Å². The molecule has 0 amide bonds. The van der Waals surface area contributed by atoms with Crippen molar-refractivity contribution in [3.8, 4) is 34.5 Å². The van der Waals surface area contributed by atoms with Gasteiger partial charge in [0.05, 0.1) is 55.9 Å². The second kappa shape index (κ2) is 30.4. The van der Waals surface area contributed by atoms with Gasteiger partial charge in [0.2, 0.25) is 0 Å². The molecule has 3 atom stereocenters. The number of ether oxygens (including phenoxy) is 9. The number of carbonyl (C=O) groups excluding carboxylic acids is 3. The minimum atomic E-state index is -0.0555. The number of hydrogen-bond donors (Lipinski definition) is 0. The first-order valence-corrected chi connectivity index (χ1v) is 32.5. The molecule has 0 bridgehead atoms. The standard InChI is InChI=1S/3C25H30O4/c3*1-3-27-25(26)18-8-11-20(12-9-18)28-21-13-15-23-19(16-21)10-14-24(29-23)22-7-5-4-6-17(22)2/h3*4-7,13,15-16,18,20,24H,3,8-12,14H2,1-2H3/t18?,20?,24-;;/m0../s1. The minimum absolute atomic E-state index is 0.0325. The van der Waals surface area contributed by atoms with Gasteiger partial charge in [0.15, 0.2) is 0 Å². The van der Waals surface area contributed by atoms with Crippen molar-refractivity contribution in [3.63, 3.8) is 0 Å². The van der Waals surface area contributed by atoms with Gasteiger partial charge in [0, 0.05) is 0 Å². The molecule has 3 aliphatic carbocycles. The van der Waals surface area contributed by atoms with Crippen LogP contribution in [0.1, 0.15) is 185 Å². The first kappa shape index (κ1) is 62.6. The Morgan fingerprint density at radius 2 is 0.621 bits per heavy atom. The third kappa shape index (κ3) is 16.6. The van der Waals surface area contributed by atoms with Crippen molar-refractivity contribution < 1.29 is 57.0 Å². The molecule has 12 rings (SSSR count). The first-order valence-electron chi connectivity index (χ1n) is 32.5. The van der Waals surface area contributed by atoms with E-state index in [1.165, 1.54) is 50.1 Å². The predicted molar refractivity (Wildman–Crippen MR) is 337 cm³/mol. The molecule has 0 spiro atoms. The fraction of sp³-hybridized carbons (Fsp3) is 0.480. The Morgan fingerprint density at radius 1 is 0.356 bits per heavy atom. The highest BCUT2D eigenvalue weighted by atomic mass is 16.5. The quantitative estimate of drug-likeness (QED) is 0.0715. The Balaban J connectivity index is 0.000000144. The maximum Gasteiger partial charge on any atom is 0.308 e. The van der Waals surface area contributed by atoms with Crippen molar-refractivity contribution >= 4 is 17.9 Å². The lowest BCUT2D eigenvalue weighted by molar-refractivity contribution is -0.150. The molecular weight excluding hydrogens is 1090 g/mol. The molecule has 3 aliphatic heterocycles. The topological polar surface area (TPSA) is 134 Å². The van der Waals surface area contributed by atoms with E-state index in [2.05, 4.69) is 112 Å². The zero-order chi connectivity index (χ0) is 60.7. The summed E-state index contributed by atoms with van der Waals surface area (Å²) in [7, 11) is 0. The maximum atomic E-state index is 11.9. The van der Waals surface area contributed by atoms with E-state index in [4.69, 9.17) is 42.6 Å². The average Bonchev–Trinajstić information content (AvgIpc) is 3.53. The number of aryl methyl sites for hydroxylation is 6. The van der Waals surface area contributed by atoms with E-state index in [1.807, 2.05) is 57.2 Å². The summed E-state index contributed by atoms with van der Waals surface area (Å²) in [5.41, 5.74) is 11.3.